The van der Waals surface area contributed by atoms with Crippen LogP contribution in [-0.4, -0.2) is 33.3 Å². The van der Waals surface area contributed by atoms with Gasteiger partial charge in [0.05, 0.1) is 12.2 Å². The number of pyridine rings is 1. The number of fused-ring (bicyclic) bond motifs is 1. The molecule has 29 heavy (non-hydrogen) atoms. The van der Waals surface area contributed by atoms with E-state index in [0.717, 1.165) is 35.2 Å². The van der Waals surface area contributed by atoms with Gasteiger partial charge in [-0.25, -0.2) is 4.39 Å². The molecule has 1 aliphatic rings. The van der Waals surface area contributed by atoms with Gasteiger partial charge in [-0.2, -0.15) is 5.10 Å². The molecule has 0 saturated carbocycles. The molecule has 0 aliphatic carbocycles. The number of amides is 1. The fourth-order valence-corrected chi connectivity index (χ4v) is 3.62. The van der Waals surface area contributed by atoms with Crippen molar-refractivity contribution in [3.8, 4) is 16.9 Å². The van der Waals surface area contributed by atoms with E-state index in [-0.39, 0.29) is 17.8 Å². The van der Waals surface area contributed by atoms with Gasteiger partial charge in [-0.3, -0.25) is 14.5 Å². The van der Waals surface area contributed by atoms with E-state index in [0.29, 0.717) is 18.7 Å². The number of halogens is 1. The van der Waals surface area contributed by atoms with Crippen LogP contribution >= 0.6 is 0 Å². The predicted octanol–water partition coefficient (Wildman–Crippen LogP) is 3.31. The standard InChI is InChI=1S/C22H23FN4O2/c1-3-5-17-11-20(27(2)26-17)22(28)25-13-18-9-16-8-15(10-19(23)21(16)29-18)14-6-4-7-24-12-14/h4,6-8,10-12,18H,3,5,9,13H2,1-2H3,(H,25,28)/t18-/m0/s1. The summed E-state index contributed by atoms with van der Waals surface area (Å²) in [6.07, 6.45) is 5.42. The molecule has 1 aliphatic heterocycles. The topological polar surface area (TPSA) is 69.0 Å². The zero-order valence-electron chi connectivity index (χ0n) is 16.5. The zero-order chi connectivity index (χ0) is 20.4. The monoisotopic (exact) mass is 394 g/mol. The van der Waals surface area contributed by atoms with Crippen LogP contribution in [0.3, 0.4) is 0 Å². The summed E-state index contributed by atoms with van der Waals surface area (Å²) in [6.45, 7) is 2.37. The fourth-order valence-electron chi connectivity index (χ4n) is 3.62. The van der Waals surface area contributed by atoms with E-state index >= 15 is 0 Å². The Hall–Kier alpha value is -3.22. The molecule has 1 amide bonds. The quantitative estimate of drug-likeness (QED) is 0.697. The van der Waals surface area contributed by atoms with Crippen LogP contribution in [0, 0.1) is 5.82 Å². The molecule has 0 saturated heterocycles. The summed E-state index contributed by atoms with van der Waals surface area (Å²) >= 11 is 0. The van der Waals surface area contributed by atoms with Crippen molar-refractivity contribution < 1.29 is 13.9 Å². The lowest BCUT2D eigenvalue weighted by Gasteiger charge is -2.12. The van der Waals surface area contributed by atoms with Crippen LogP contribution in [-0.2, 0) is 19.9 Å². The third-order valence-electron chi connectivity index (χ3n) is 5.01. The van der Waals surface area contributed by atoms with E-state index in [4.69, 9.17) is 4.74 Å². The number of benzene rings is 1. The van der Waals surface area contributed by atoms with E-state index in [9.17, 15) is 9.18 Å². The lowest BCUT2D eigenvalue weighted by atomic mass is 10.0. The highest BCUT2D eigenvalue weighted by Gasteiger charge is 2.27. The summed E-state index contributed by atoms with van der Waals surface area (Å²) in [7, 11) is 1.76. The molecular formula is C22H23FN4O2. The number of hydrogen-bond donors (Lipinski definition) is 1. The Labute approximate surface area is 168 Å². The van der Waals surface area contributed by atoms with Crippen LogP contribution in [0.1, 0.15) is 35.1 Å². The van der Waals surface area contributed by atoms with E-state index in [2.05, 4.69) is 22.3 Å². The van der Waals surface area contributed by atoms with Crippen LogP contribution in [0.5, 0.6) is 5.75 Å². The molecule has 0 fully saturated rings. The van der Waals surface area contributed by atoms with Crippen LogP contribution < -0.4 is 10.1 Å². The minimum atomic E-state index is -0.397. The molecule has 4 rings (SSSR count). The highest BCUT2D eigenvalue weighted by atomic mass is 19.1. The summed E-state index contributed by atoms with van der Waals surface area (Å²) in [5.41, 5.74) is 3.82. The van der Waals surface area contributed by atoms with Crippen LogP contribution in [0.25, 0.3) is 11.1 Å². The normalized spacial score (nSPS) is 15.1. The minimum Gasteiger partial charge on any atom is -0.485 e. The van der Waals surface area contributed by atoms with Crippen LogP contribution in [0.2, 0.25) is 0 Å². The molecule has 0 bridgehead atoms. The second-order valence-corrected chi connectivity index (χ2v) is 7.24. The predicted molar refractivity (Wildman–Crippen MR) is 107 cm³/mol. The van der Waals surface area contributed by atoms with Crippen molar-refractivity contribution in [1.29, 1.82) is 0 Å². The lowest BCUT2D eigenvalue weighted by molar-refractivity contribution is 0.0923. The molecular weight excluding hydrogens is 371 g/mol. The average Bonchev–Trinajstić information content (AvgIpc) is 3.30. The van der Waals surface area contributed by atoms with Gasteiger partial charge in [-0.15, -0.1) is 0 Å². The van der Waals surface area contributed by atoms with E-state index in [1.54, 1.807) is 24.1 Å². The molecule has 7 heteroatoms. The number of ether oxygens (including phenoxy) is 1. The Balaban J connectivity index is 1.42. The largest absolute Gasteiger partial charge is 0.485 e. The SMILES string of the molecule is CCCc1cc(C(=O)NC[C@@H]2Cc3cc(-c4cccnc4)cc(F)c3O2)n(C)n1. The number of aromatic nitrogens is 3. The van der Waals surface area contributed by atoms with Crippen LogP contribution in [0.4, 0.5) is 4.39 Å². The second-order valence-electron chi connectivity index (χ2n) is 7.24. The van der Waals surface area contributed by atoms with Crippen molar-refractivity contribution in [1.82, 2.24) is 20.1 Å². The van der Waals surface area contributed by atoms with Gasteiger partial charge in [0, 0.05) is 37.0 Å². The maximum absolute atomic E-state index is 14.6. The number of carbonyl (C=O) groups is 1. The average molecular weight is 394 g/mol. The van der Waals surface area contributed by atoms with E-state index < -0.39 is 5.82 Å². The summed E-state index contributed by atoms with van der Waals surface area (Å²) in [4.78, 5) is 16.6. The summed E-state index contributed by atoms with van der Waals surface area (Å²) < 4.78 is 21.9. The molecule has 1 atom stereocenters. The first-order valence-corrected chi connectivity index (χ1v) is 9.75. The first-order valence-electron chi connectivity index (χ1n) is 9.75. The fraction of sp³-hybridized carbons (Fsp3) is 0.318. The van der Waals surface area contributed by atoms with Gasteiger partial charge in [0.15, 0.2) is 11.6 Å². The highest BCUT2D eigenvalue weighted by molar-refractivity contribution is 5.92. The van der Waals surface area contributed by atoms with Crippen molar-refractivity contribution in [3.63, 3.8) is 0 Å². The first kappa shape index (κ1) is 19.1. The molecule has 0 radical (unpaired) electrons. The number of hydrogen-bond acceptors (Lipinski definition) is 4. The molecule has 0 unspecified atom stereocenters. The third-order valence-corrected chi connectivity index (χ3v) is 5.01. The Kier molecular flexibility index (Phi) is 5.29. The van der Waals surface area contributed by atoms with Gasteiger partial charge in [-0.1, -0.05) is 19.4 Å². The number of aryl methyl sites for hydroxylation is 2. The maximum atomic E-state index is 14.6. The van der Waals surface area contributed by atoms with Gasteiger partial charge < -0.3 is 10.1 Å². The number of rotatable bonds is 6. The van der Waals surface area contributed by atoms with Gasteiger partial charge in [0.1, 0.15) is 11.8 Å². The second kappa shape index (κ2) is 8.03. The summed E-state index contributed by atoms with van der Waals surface area (Å²) in [5.74, 6) is -0.341. The molecule has 0 spiro atoms. The zero-order valence-corrected chi connectivity index (χ0v) is 16.5. The van der Waals surface area contributed by atoms with Crippen molar-refractivity contribution >= 4 is 5.91 Å². The molecule has 150 valence electrons. The minimum absolute atomic E-state index is 0.210. The van der Waals surface area contributed by atoms with Crippen LogP contribution in [0.15, 0.2) is 42.7 Å². The molecule has 3 heterocycles. The van der Waals surface area contributed by atoms with Crippen molar-refractivity contribution in [3.05, 3.63) is 65.5 Å². The maximum Gasteiger partial charge on any atom is 0.269 e. The Morgan fingerprint density at radius 3 is 2.97 bits per heavy atom. The molecule has 6 nitrogen and oxygen atoms in total. The van der Waals surface area contributed by atoms with Crippen molar-refractivity contribution in [2.24, 2.45) is 7.05 Å². The van der Waals surface area contributed by atoms with Gasteiger partial charge in [0.2, 0.25) is 0 Å². The van der Waals surface area contributed by atoms with Crippen molar-refractivity contribution in [2.75, 3.05) is 6.54 Å². The summed E-state index contributed by atoms with van der Waals surface area (Å²) in [5, 5.41) is 7.23. The molecule has 2 aromatic heterocycles. The van der Waals surface area contributed by atoms with E-state index in [1.165, 1.54) is 6.07 Å². The number of nitrogens with one attached hydrogen (secondary N) is 1. The smallest absolute Gasteiger partial charge is 0.269 e. The lowest BCUT2D eigenvalue weighted by Crippen LogP contribution is -2.35. The Morgan fingerprint density at radius 1 is 1.34 bits per heavy atom. The summed E-state index contributed by atoms with van der Waals surface area (Å²) in [6, 6.07) is 8.90. The van der Waals surface area contributed by atoms with Gasteiger partial charge in [0.25, 0.3) is 5.91 Å². The number of carbonyl (C=O) groups excluding carboxylic acids is 1. The van der Waals surface area contributed by atoms with Gasteiger partial charge in [-0.05, 0) is 36.2 Å². The molecule has 1 aromatic carbocycles. The first-order chi connectivity index (χ1) is 14.0. The van der Waals surface area contributed by atoms with Gasteiger partial charge >= 0.3 is 0 Å². The third kappa shape index (κ3) is 3.99. The van der Waals surface area contributed by atoms with Crippen molar-refractivity contribution in [2.45, 2.75) is 32.3 Å². The molecule has 1 N–H and O–H groups in total. The molecule has 3 aromatic rings. The number of nitrogens with zero attached hydrogens (tertiary/aromatic N) is 3. The highest BCUT2D eigenvalue weighted by Crippen LogP contribution is 2.35. The van der Waals surface area contributed by atoms with E-state index in [1.807, 2.05) is 24.3 Å². The Bertz CT molecular complexity index is 1030. The Morgan fingerprint density at radius 2 is 2.21 bits per heavy atom.